The molecule has 0 atom stereocenters. The first kappa shape index (κ1) is 17.5. The molecule has 0 aliphatic carbocycles. The molecule has 0 spiro atoms. The van der Waals surface area contributed by atoms with Gasteiger partial charge in [0.1, 0.15) is 11.5 Å². The first-order chi connectivity index (χ1) is 11.3. The van der Waals surface area contributed by atoms with Crippen molar-refractivity contribution in [1.82, 2.24) is 5.16 Å². The molecule has 0 bridgehead atoms. The van der Waals surface area contributed by atoms with Crippen LogP contribution in [0.4, 0.5) is 0 Å². The molecule has 2 rings (SSSR count). The van der Waals surface area contributed by atoms with Crippen molar-refractivity contribution in [3.8, 4) is 5.75 Å². The molecule has 0 radical (unpaired) electrons. The van der Waals surface area contributed by atoms with Crippen molar-refractivity contribution >= 4 is 0 Å². The Hall–Kier alpha value is -1.81. The van der Waals surface area contributed by atoms with E-state index in [0.29, 0.717) is 0 Å². The summed E-state index contributed by atoms with van der Waals surface area (Å²) in [5.41, 5.74) is 2.28. The molecule has 1 aromatic carbocycles. The average Bonchev–Trinajstić information content (AvgIpc) is 3.03. The van der Waals surface area contributed by atoms with E-state index in [-0.39, 0.29) is 0 Å². The number of rotatable bonds is 11. The van der Waals surface area contributed by atoms with Crippen molar-refractivity contribution in [2.24, 2.45) is 0 Å². The van der Waals surface area contributed by atoms with E-state index in [1.807, 2.05) is 18.2 Å². The molecule has 1 aromatic heterocycles. The van der Waals surface area contributed by atoms with Gasteiger partial charge in [-0.2, -0.15) is 0 Å². The fourth-order valence-corrected chi connectivity index (χ4v) is 2.23. The lowest BCUT2D eigenvalue weighted by Crippen LogP contribution is -2.02. The standard InChI is InChI=1S/C19H27NO3/c1-3-18-15-17(20-23-18)7-6-13-21-12-4-5-14-22-19-10-8-16(2)9-11-19/h8-11,15H,3-7,12-14H2,1-2H3. The van der Waals surface area contributed by atoms with Crippen LogP contribution in [0.3, 0.4) is 0 Å². The van der Waals surface area contributed by atoms with Gasteiger partial charge in [0.2, 0.25) is 0 Å². The number of benzene rings is 1. The molecule has 23 heavy (non-hydrogen) atoms. The highest BCUT2D eigenvalue weighted by atomic mass is 16.5. The Balaban J connectivity index is 1.42. The smallest absolute Gasteiger partial charge is 0.136 e. The van der Waals surface area contributed by atoms with Gasteiger partial charge in [-0.05, 0) is 44.7 Å². The maximum absolute atomic E-state index is 5.69. The van der Waals surface area contributed by atoms with E-state index < -0.39 is 0 Å². The van der Waals surface area contributed by atoms with E-state index in [0.717, 1.165) is 69.1 Å². The van der Waals surface area contributed by atoms with Crippen molar-refractivity contribution in [2.75, 3.05) is 19.8 Å². The molecule has 0 aliphatic heterocycles. The Morgan fingerprint density at radius 3 is 2.48 bits per heavy atom. The summed E-state index contributed by atoms with van der Waals surface area (Å²) in [4.78, 5) is 0. The van der Waals surface area contributed by atoms with Gasteiger partial charge in [-0.15, -0.1) is 0 Å². The highest BCUT2D eigenvalue weighted by Crippen LogP contribution is 2.12. The summed E-state index contributed by atoms with van der Waals surface area (Å²) in [7, 11) is 0. The molecular formula is C19H27NO3. The number of hydrogen-bond acceptors (Lipinski definition) is 4. The van der Waals surface area contributed by atoms with Gasteiger partial charge in [-0.25, -0.2) is 0 Å². The minimum atomic E-state index is 0.741. The first-order valence-electron chi connectivity index (χ1n) is 8.49. The van der Waals surface area contributed by atoms with Gasteiger partial charge >= 0.3 is 0 Å². The van der Waals surface area contributed by atoms with Crippen molar-refractivity contribution in [3.63, 3.8) is 0 Å². The fraction of sp³-hybridized carbons (Fsp3) is 0.526. The second-order valence-electron chi connectivity index (χ2n) is 5.72. The number of ether oxygens (including phenoxy) is 2. The Morgan fingerprint density at radius 1 is 1.00 bits per heavy atom. The fourth-order valence-electron chi connectivity index (χ4n) is 2.23. The topological polar surface area (TPSA) is 44.5 Å². The van der Waals surface area contributed by atoms with E-state index in [9.17, 15) is 0 Å². The Labute approximate surface area is 138 Å². The van der Waals surface area contributed by atoms with Gasteiger partial charge in [-0.3, -0.25) is 0 Å². The summed E-state index contributed by atoms with van der Waals surface area (Å²) in [5.74, 6) is 1.89. The lowest BCUT2D eigenvalue weighted by Gasteiger charge is -2.07. The lowest BCUT2D eigenvalue weighted by molar-refractivity contribution is 0.124. The van der Waals surface area contributed by atoms with E-state index in [2.05, 4.69) is 31.1 Å². The zero-order valence-corrected chi connectivity index (χ0v) is 14.2. The van der Waals surface area contributed by atoms with Crippen LogP contribution in [0.1, 0.15) is 43.2 Å². The van der Waals surface area contributed by atoms with Crippen molar-refractivity contribution in [1.29, 1.82) is 0 Å². The van der Waals surface area contributed by atoms with Crippen LogP contribution in [-0.4, -0.2) is 25.0 Å². The maximum Gasteiger partial charge on any atom is 0.136 e. The predicted molar refractivity (Wildman–Crippen MR) is 90.9 cm³/mol. The Kier molecular flexibility index (Phi) is 7.67. The quantitative estimate of drug-likeness (QED) is 0.578. The SMILES string of the molecule is CCc1cc(CCCOCCCCOc2ccc(C)cc2)no1. The molecule has 0 unspecified atom stereocenters. The maximum atomic E-state index is 5.69. The molecule has 0 saturated carbocycles. The predicted octanol–water partition coefficient (Wildman–Crippen LogP) is 4.35. The third-order valence-electron chi connectivity index (χ3n) is 3.65. The minimum absolute atomic E-state index is 0.741. The van der Waals surface area contributed by atoms with Gasteiger partial charge in [-0.1, -0.05) is 29.8 Å². The van der Waals surface area contributed by atoms with Crippen LogP contribution in [-0.2, 0) is 17.6 Å². The average molecular weight is 317 g/mol. The number of aromatic nitrogens is 1. The number of aryl methyl sites for hydroxylation is 3. The molecule has 4 nitrogen and oxygen atoms in total. The molecule has 1 heterocycles. The molecule has 0 N–H and O–H groups in total. The third kappa shape index (κ3) is 6.87. The Morgan fingerprint density at radius 2 is 1.74 bits per heavy atom. The number of nitrogens with zero attached hydrogens (tertiary/aromatic N) is 1. The summed E-state index contributed by atoms with van der Waals surface area (Å²) >= 11 is 0. The van der Waals surface area contributed by atoms with E-state index in [4.69, 9.17) is 14.0 Å². The molecule has 0 aliphatic rings. The first-order valence-corrected chi connectivity index (χ1v) is 8.49. The van der Waals surface area contributed by atoms with Crippen LogP contribution in [0.2, 0.25) is 0 Å². The van der Waals surface area contributed by atoms with Gasteiger partial charge in [0.25, 0.3) is 0 Å². The van der Waals surface area contributed by atoms with E-state index >= 15 is 0 Å². The van der Waals surface area contributed by atoms with Crippen molar-refractivity contribution in [3.05, 3.63) is 47.3 Å². The summed E-state index contributed by atoms with van der Waals surface area (Å²) in [6, 6.07) is 10.2. The second kappa shape index (κ2) is 10.1. The minimum Gasteiger partial charge on any atom is -0.494 e. The molecule has 0 amide bonds. The molecular weight excluding hydrogens is 290 g/mol. The zero-order chi connectivity index (χ0) is 16.3. The Bertz CT molecular complexity index is 548. The van der Waals surface area contributed by atoms with E-state index in [1.54, 1.807) is 0 Å². The molecule has 2 aromatic rings. The molecule has 0 saturated heterocycles. The second-order valence-corrected chi connectivity index (χ2v) is 5.72. The monoisotopic (exact) mass is 317 g/mol. The molecule has 4 heteroatoms. The van der Waals surface area contributed by atoms with Crippen molar-refractivity contribution in [2.45, 2.75) is 46.0 Å². The van der Waals surface area contributed by atoms with Gasteiger partial charge in [0, 0.05) is 25.7 Å². The summed E-state index contributed by atoms with van der Waals surface area (Å²) in [6.07, 6.45) is 4.83. The summed E-state index contributed by atoms with van der Waals surface area (Å²) < 4.78 is 16.5. The van der Waals surface area contributed by atoms with Crippen LogP contribution in [0.15, 0.2) is 34.9 Å². The molecule has 0 fully saturated rings. The summed E-state index contributed by atoms with van der Waals surface area (Å²) in [6.45, 7) is 6.44. The lowest BCUT2D eigenvalue weighted by atomic mass is 10.2. The van der Waals surface area contributed by atoms with Crippen molar-refractivity contribution < 1.29 is 14.0 Å². The van der Waals surface area contributed by atoms with Crippen LogP contribution in [0, 0.1) is 6.92 Å². The normalized spacial score (nSPS) is 10.9. The summed E-state index contributed by atoms with van der Waals surface area (Å²) in [5, 5.41) is 4.03. The largest absolute Gasteiger partial charge is 0.494 e. The van der Waals surface area contributed by atoms with Gasteiger partial charge < -0.3 is 14.0 Å². The highest BCUT2D eigenvalue weighted by Gasteiger charge is 2.01. The van der Waals surface area contributed by atoms with Crippen LogP contribution in [0.25, 0.3) is 0 Å². The zero-order valence-electron chi connectivity index (χ0n) is 14.2. The number of hydrogen-bond donors (Lipinski definition) is 0. The van der Waals surface area contributed by atoms with Crippen LogP contribution in [0.5, 0.6) is 5.75 Å². The van der Waals surface area contributed by atoms with Gasteiger partial charge in [0.15, 0.2) is 0 Å². The van der Waals surface area contributed by atoms with Crippen LogP contribution >= 0.6 is 0 Å². The van der Waals surface area contributed by atoms with Crippen LogP contribution < -0.4 is 4.74 Å². The van der Waals surface area contributed by atoms with E-state index in [1.165, 1.54) is 5.56 Å². The van der Waals surface area contributed by atoms with Gasteiger partial charge in [0.05, 0.1) is 12.3 Å². The molecule has 126 valence electrons. The highest BCUT2D eigenvalue weighted by molar-refractivity contribution is 5.26. The third-order valence-corrected chi connectivity index (χ3v) is 3.65. The number of unbranched alkanes of at least 4 members (excludes halogenated alkanes) is 1.